The molecular weight excluding hydrogens is 961 g/mol. The molecule has 6 rings (SSSR count). The van der Waals surface area contributed by atoms with Gasteiger partial charge in [-0.25, -0.2) is 9.97 Å². The fourth-order valence-electron chi connectivity index (χ4n) is 9.77. The Balaban J connectivity index is 1.64. The molecule has 0 fully saturated rings. The van der Waals surface area contributed by atoms with Crippen LogP contribution in [-0.2, 0) is 38.3 Å². The number of nitrogens with one attached hydrogen (secondary N) is 2. The number of fused-ring (bicyclic) bond motifs is 8. The summed E-state index contributed by atoms with van der Waals surface area (Å²) in [5.41, 5.74) is 8.09. The first-order valence-corrected chi connectivity index (χ1v) is 24.7. The second-order valence-corrected chi connectivity index (χ2v) is 18.9. The van der Waals surface area contributed by atoms with Gasteiger partial charge in [0.05, 0.1) is 45.5 Å². The molecular formula is C52H64N8O14. The first-order valence-electron chi connectivity index (χ1n) is 24.7. The molecule has 396 valence electrons. The molecule has 74 heavy (non-hydrogen) atoms. The number of carboxylic acids is 4. The van der Waals surface area contributed by atoms with Gasteiger partial charge in [0, 0.05) is 53.9 Å². The number of carbonyl (C=O) groups is 9. The second kappa shape index (κ2) is 23.4. The van der Waals surface area contributed by atoms with Gasteiger partial charge in [0.2, 0.25) is 17.7 Å². The first kappa shape index (κ1) is 55.6. The fourth-order valence-corrected chi connectivity index (χ4v) is 9.77. The second-order valence-electron chi connectivity index (χ2n) is 18.9. The highest BCUT2D eigenvalue weighted by Gasteiger charge is 2.42. The number of nitrogens with zero attached hydrogens (tertiary/aromatic N) is 6. The molecule has 0 aromatic carbocycles. The van der Waals surface area contributed by atoms with Gasteiger partial charge in [-0.2, -0.15) is 0 Å². The molecule has 0 aliphatic carbocycles. The Bertz CT molecular complexity index is 2870. The number of allylic oxidation sites excluding steroid dienone is 3. The predicted molar refractivity (Wildman–Crippen MR) is 269 cm³/mol. The standard InChI is InChI=1S/C52H64N8O14/c1-9-12-14-60-51(72)47-29(7)36-18-37-31(11-3)26(4)33(53-37)19-38-46(30(8)74-15-13-10-2)28(6)35(54-38)17-34-27(5)32(49(55-34)48(52(60)73)50(47)56-36)16-39(61)57(20-40(62)58(22-42(64)65)23-43(66)67)21-41(63)59(24-44(68)69)25-45(70)71/h17-19,27,30,32,55-56H,9-16,20-25H2,1-8H3,(H,64,65)(H,66,67)(H,68,69)(H,70,71)/t27-,30?,32-/m0/s1. The van der Waals surface area contributed by atoms with Crippen molar-refractivity contribution in [3.63, 3.8) is 0 Å². The Hall–Kier alpha value is -7.75. The minimum Gasteiger partial charge on any atom is -0.480 e. The van der Waals surface area contributed by atoms with E-state index in [9.17, 15) is 58.8 Å². The van der Waals surface area contributed by atoms with Crippen molar-refractivity contribution in [3.8, 4) is 0 Å². The van der Waals surface area contributed by atoms with E-state index in [1.165, 1.54) is 4.90 Å². The zero-order valence-electron chi connectivity index (χ0n) is 42.9. The third-order valence-electron chi connectivity index (χ3n) is 13.8. The van der Waals surface area contributed by atoms with E-state index in [4.69, 9.17) is 14.7 Å². The van der Waals surface area contributed by atoms with Crippen LogP contribution in [0.2, 0.25) is 0 Å². The number of hydrogen-bond acceptors (Lipinski definition) is 12. The average molecular weight is 1030 g/mol. The summed E-state index contributed by atoms with van der Waals surface area (Å²) in [5.74, 6) is -12.7. The van der Waals surface area contributed by atoms with Gasteiger partial charge in [-0.3, -0.25) is 48.1 Å². The molecule has 6 N–H and O–H groups in total. The molecule has 0 radical (unpaired) electrons. The highest BCUT2D eigenvalue weighted by molar-refractivity contribution is 6.23. The number of aromatic amines is 2. The van der Waals surface area contributed by atoms with E-state index < -0.39 is 117 Å². The van der Waals surface area contributed by atoms with Gasteiger partial charge in [-0.1, -0.05) is 40.5 Å². The van der Waals surface area contributed by atoms with Crippen LogP contribution in [0.25, 0.3) is 33.3 Å². The SMILES string of the molecule is CCCCOC(C)C1=C(C)c2cc3[nH]c(c4c5[nH]c(cc6nc(cc1n2)C(C)=C6CC)c(C)c5C(=O)N(CCCC)C4=O)[C@@H](CC(=O)N(CC(=O)N(CC(=O)O)CC(=O)O)CC(=O)N(CC(=O)O)CC(=O)O)[C@@H]3C. The number of ether oxygens (including phenoxy) is 1. The molecule has 5 amide bonds. The van der Waals surface area contributed by atoms with Crippen LogP contribution in [0.5, 0.6) is 0 Å². The summed E-state index contributed by atoms with van der Waals surface area (Å²) in [7, 11) is 0. The average Bonchev–Trinajstić information content (AvgIpc) is 4.00. The van der Waals surface area contributed by atoms with Crippen molar-refractivity contribution in [1.82, 2.24) is 39.5 Å². The van der Waals surface area contributed by atoms with Gasteiger partial charge in [0.25, 0.3) is 11.8 Å². The molecule has 22 heteroatoms. The van der Waals surface area contributed by atoms with Crippen molar-refractivity contribution in [2.75, 3.05) is 52.4 Å². The summed E-state index contributed by atoms with van der Waals surface area (Å²) < 4.78 is 6.35. The molecule has 2 aromatic heterocycles. The van der Waals surface area contributed by atoms with Crippen molar-refractivity contribution >= 4 is 86.7 Å². The van der Waals surface area contributed by atoms with Crippen LogP contribution in [0.15, 0.2) is 18.2 Å². The van der Waals surface area contributed by atoms with Gasteiger partial charge in [-0.05, 0) is 87.4 Å². The monoisotopic (exact) mass is 1020 g/mol. The van der Waals surface area contributed by atoms with E-state index in [1.807, 2.05) is 46.8 Å². The van der Waals surface area contributed by atoms with Crippen LogP contribution >= 0.6 is 0 Å². The summed E-state index contributed by atoms with van der Waals surface area (Å²) in [5, 5.41) is 38.2. The molecule has 6 heterocycles. The molecule has 22 nitrogen and oxygen atoms in total. The molecule has 0 spiro atoms. The third kappa shape index (κ3) is 11.9. The molecule has 0 saturated carbocycles. The zero-order chi connectivity index (χ0) is 54.5. The Morgan fingerprint density at radius 3 is 1.74 bits per heavy atom. The number of hydrogen-bond donors (Lipinski definition) is 6. The van der Waals surface area contributed by atoms with Crippen molar-refractivity contribution in [3.05, 3.63) is 69.1 Å². The van der Waals surface area contributed by atoms with Gasteiger partial charge in [0.1, 0.15) is 39.3 Å². The normalized spacial score (nSPS) is 16.0. The summed E-state index contributed by atoms with van der Waals surface area (Å²) in [6.07, 6.45) is 2.49. The van der Waals surface area contributed by atoms with E-state index in [0.717, 1.165) is 35.1 Å². The molecule has 1 unspecified atom stereocenters. The van der Waals surface area contributed by atoms with Crippen LogP contribution in [-0.4, -0.2) is 172 Å². The van der Waals surface area contributed by atoms with E-state index >= 15 is 4.79 Å². The minimum absolute atomic E-state index is 0.0309. The third-order valence-corrected chi connectivity index (χ3v) is 13.8. The Morgan fingerprint density at radius 2 is 1.20 bits per heavy atom. The van der Waals surface area contributed by atoms with Gasteiger partial charge < -0.3 is 49.8 Å². The minimum atomic E-state index is -1.59. The van der Waals surface area contributed by atoms with Crippen molar-refractivity contribution in [2.45, 2.75) is 112 Å². The van der Waals surface area contributed by atoms with Crippen molar-refractivity contribution in [1.29, 1.82) is 0 Å². The number of aryl methyl sites for hydroxylation is 1. The van der Waals surface area contributed by atoms with E-state index in [-0.39, 0.29) is 28.9 Å². The molecule has 2 aromatic rings. The van der Waals surface area contributed by atoms with Crippen molar-refractivity contribution in [2.24, 2.45) is 0 Å². The summed E-state index contributed by atoms with van der Waals surface area (Å²) >= 11 is 0. The topological polar surface area (TPSA) is 314 Å². The lowest BCUT2D eigenvalue weighted by Crippen LogP contribution is -2.51. The van der Waals surface area contributed by atoms with Crippen LogP contribution in [0.4, 0.5) is 0 Å². The molecule has 3 atom stereocenters. The maximum atomic E-state index is 15.1. The summed E-state index contributed by atoms with van der Waals surface area (Å²) in [6.45, 7) is 9.38. The lowest BCUT2D eigenvalue weighted by molar-refractivity contribution is -0.153. The first-order chi connectivity index (χ1) is 35.0. The predicted octanol–water partition coefficient (Wildman–Crippen LogP) is 5.32. The number of imide groups is 1. The molecule has 4 aliphatic rings. The van der Waals surface area contributed by atoms with Crippen molar-refractivity contribution < 1.29 is 68.3 Å². The number of unbranched alkanes of at least 4 members (excludes halogenated alkanes) is 2. The number of aliphatic carboxylic acids is 4. The Morgan fingerprint density at radius 1 is 0.676 bits per heavy atom. The Labute approximate surface area is 426 Å². The lowest BCUT2D eigenvalue weighted by atomic mass is 9.85. The molecule has 0 saturated heterocycles. The number of H-pyrrole nitrogens is 2. The summed E-state index contributed by atoms with van der Waals surface area (Å²) in [6, 6.07) is 5.57. The maximum absolute atomic E-state index is 15.1. The quantitative estimate of drug-likeness (QED) is 0.0606. The van der Waals surface area contributed by atoms with Gasteiger partial charge >= 0.3 is 23.9 Å². The maximum Gasteiger partial charge on any atom is 0.323 e. The van der Waals surface area contributed by atoms with Gasteiger partial charge in [0.15, 0.2) is 0 Å². The number of amides is 5. The number of carbonyl (C=O) groups excluding carboxylic acids is 5. The number of carboxylic acid groups (broad SMARTS) is 4. The van der Waals surface area contributed by atoms with E-state index in [1.54, 1.807) is 19.9 Å². The van der Waals surface area contributed by atoms with Crippen LogP contribution < -0.4 is 0 Å². The van der Waals surface area contributed by atoms with Crippen LogP contribution in [0.3, 0.4) is 0 Å². The highest BCUT2D eigenvalue weighted by Crippen LogP contribution is 2.45. The van der Waals surface area contributed by atoms with E-state index in [2.05, 4.69) is 16.9 Å². The molecule has 4 aliphatic heterocycles. The Kier molecular flexibility index (Phi) is 17.6. The number of aromatic nitrogens is 4. The summed E-state index contributed by atoms with van der Waals surface area (Å²) in [4.78, 5) is 139. The van der Waals surface area contributed by atoms with Gasteiger partial charge in [-0.15, -0.1) is 0 Å². The molecule has 8 bridgehead atoms. The smallest absolute Gasteiger partial charge is 0.323 e. The van der Waals surface area contributed by atoms with E-state index in [0.29, 0.717) is 80.1 Å². The lowest BCUT2D eigenvalue weighted by Gasteiger charge is -2.30. The number of rotatable bonds is 23. The fraction of sp³-hybridized carbons (Fsp3) is 0.481. The van der Waals surface area contributed by atoms with Crippen LogP contribution in [0.1, 0.15) is 159 Å². The largest absolute Gasteiger partial charge is 0.480 e. The van der Waals surface area contributed by atoms with Crippen LogP contribution in [0, 0.1) is 6.92 Å². The zero-order valence-corrected chi connectivity index (χ0v) is 42.9. The highest BCUT2D eigenvalue weighted by atomic mass is 16.5.